The lowest BCUT2D eigenvalue weighted by molar-refractivity contribution is -0.145. The number of hydrogen-bond donors (Lipinski definition) is 1. The summed E-state index contributed by atoms with van der Waals surface area (Å²) < 4.78 is 10.8. The molecule has 2 N–H and O–H groups in total. The van der Waals surface area contributed by atoms with Gasteiger partial charge in [0.1, 0.15) is 12.4 Å². The van der Waals surface area contributed by atoms with E-state index in [4.69, 9.17) is 15.2 Å². The van der Waals surface area contributed by atoms with E-state index in [-0.39, 0.29) is 54.8 Å². The van der Waals surface area contributed by atoms with Crippen LogP contribution in [0.1, 0.15) is 77.2 Å². The fourth-order valence-electron chi connectivity index (χ4n) is 2.57. The van der Waals surface area contributed by atoms with E-state index in [0.717, 1.165) is 0 Å². The van der Waals surface area contributed by atoms with Gasteiger partial charge >= 0.3 is 11.9 Å². The zero-order chi connectivity index (χ0) is 22.4. The second-order valence-electron chi connectivity index (χ2n) is 9.36. The van der Waals surface area contributed by atoms with Crippen molar-refractivity contribution < 1.29 is 23.9 Å². The van der Waals surface area contributed by atoms with Gasteiger partial charge in [-0.2, -0.15) is 0 Å². The SMILES string of the molecule is CC(C)CC(=O)OCc1cc(C(=O)C(N)C(C)(C)C)ccc1OC(=O)CC(C)C. The molecule has 0 fully saturated rings. The average Bonchev–Trinajstić information content (AvgIpc) is 2.57. The van der Waals surface area contributed by atoms with Crippen LogP contribution in [0.15, 0.2) is 18.2 Å². The van der Waals surface area contributed by atoms with Crippen molar-refractivity contribution in [1.29, 1.82) is 0 Å². The summed E-state index contributed by atoms with van der Waals surface area (Å²) in [7, 11) is 0. The molecule has 0 saturated carbocycles. The maximum atomic E-state index is 12.8. The van der Waals surface area contributed by atoms with E-state index in [1.807, 2.05) is 48.5 Å². The van der Waals surface area contributed by atoms with Crippen LogP contribution in [-0.4, -0.2) is 23.8 Å². The molecular formula is C23H35NO5. The minimum atomic E-state index is -0.687. The molecule has 162 valence electrons. The molecule has 1 unspecified atom stereocenters. The Hall–Kier alpha value is -2.21. The van der Waals surface area contributed by atoms with Crippen molar-refractivity contribution in [2.75, 3.05) is 0 Å². The Kier molecular flexibility index (Phi) is 9.02. The van der Waals surface area contributed by atoms with E-state index in [1.165, 1.54) is 0 Å². The predicted octanol–water partition coefficient (Wildman–Crippen LogP) is 4.28. The molecule has 0 aromatic heterocycles. The summed E-state index contributed by atoms with van der Waals surface area (Å²) in [5.74, 6) is -0.326. The lowest BCUT2D eigenvalue weighted by atomic mass is 9.82. The quantitative estimate of drug-likeness (QED) is 0.374. The van der Waals surface area contributed by atoms with Crippen molar-refractivity contribution in [3.63, 3.8) is 0 Å². The Morgan fingerprint density at radius 1 is 0.966 bits per heavy atom. The summed E-state index contributed by atoms with van der Waals surface area (Å²) in [5, 5.41) is 0. The van der Waals surface area contributed by atoms with E-state index in [2.05, 4.69) is 0 Å². The normalized spacial score (nSPS) is 12.8. The highest BCUT2D eigenvalue weighted by atomic mass is 16.5. The van der Waals surface area contributed by atoms with Crippen molar-refractivity contribution >= 4 is 17.7 Å². The van der Waals surface area contributed by atoms with Crippen LogP contribution in [0.3, 0.4) is 0 Å². The molecule has 0 aliphatic carbocycles. The summed E-state index contributed by atoms with van der Waals surface area (Å²) >= 11 is 0. The summed E-state index contributed by atoms with van der Waals surface area (Å²) in [6.07, 6.45) is 0.554. The Morgan fingerprint density at radius 3 is 2.03 bits per heavy atom. The highest BCUT2D eigenvalue weighted by Gasteiger charge is 2.29. The molecule has 0 radical (unpaired) electrons. The third kappa shape index (κ3) is 8.36. The topological polar surface area (TPSA) is 95.7 Å². The molecule has 1 aromatic rings. The number of ketones is 1. The van der Waals surface area contributed by atoms with E-state index < -0.39 is 11.5 Å². The molecule has 0 aliphatic rings. The van der Waals surface area contributed by atoms with Crippen LogP contribution >= 0.6 is 0 Å². The molecule has 1 aromatic carbocycles. The minimum Gasteiger partial charge on any atom is -0.461 e. The van der Waals surface area contributed by atoms with Gasteiger partial charge in [0.25, 0.3) is 0 Å². The van der Waals surface area contributed by atoms with Gasteiger partial charge in [-0.05, 0) is 35.4 Å². The second kappa shape index (κ2) is 10.5. The van der Waals surface area contributed by atoms with E-state index >= 15 is 0 Å². The number of hydrogen-bond acceptors (Lipinski definition) is 6. The van der Waals surface area contributed by atoms with Gasteiger partial charge in [-0.25, -0.2) is 0 Å². The Bertz CT molecular complexity index is 731. The van der Waals surface area contributed by atoms with Crippen LogP contribution in [0.2, 0.25) is 0 Å². The van der Waals surface area contributed by atoms with Gasteiger partial charge in [-0.3, -0.25) is 14.4 Å². The van der Waals surface area contributed by atoms with Crippen molar-refractivity contribution in [2.24, 2.45) is 23.0 Å². The average molecular weight is 406 g/mol. The van der Waals surface area contributed by atoms with Gasteiger partial charge in [-0.15, -0.1) is 0 Å². The number of ether oxygens (including phenoxy) is 2. The van der Waals surface area contributed by atoms with Crippen molar-refractivity contribution in [1.82, 2.24) is 0 Å². The molecule has 6 heteroatoms. The Balaban J connectivity index is 3.13. The molecule has 6 nitrogen and oxygen atoms in total. The lowest BCUT2D eigenvalue weighted by Crippen LogP contribution is -2.42. The number of esters is 2. The number of nitrogens with two attached hydrogens (primary N) is 1. The number of benzene rings is 1. The van der Waals surface area contributed by atoms with Crippen LogP contribution in [-0.2, 0) is 20.9 Å². The molecule has 0 amide bonds. The molecule has 0 spiro atoms. The Morgan fingerprint density at radius 2 is 1.52 bits per heavy atom. The summed E-state index contributed by atoms with van der Waals surface area (Å²) in [4.78, 5) is 36.8. The summed E-state index contributed by atoms with van der Waals surface area (Å²) in [6, 6.07) is 4.06. The first-order valence-corrected chi connectivity index (χ1v) is 10.1. The van der Waals surface area contributed by atoms with Gasteiger partial charge in [0.2, 0.25) is 0 Å². The van der Waals surface area contributed by atoms with Crippen molar-refractivity contribution in [2.45, 2.75) is 74.0 Å². The molecular weight excluding hydrogens is 370 g/mol. The van der Waals surface area contributed by atoms with Gasteiger partial charge in [-0.1, -0.05) is 48.5 Å². The number of rotatable bonds is 9. The largest absolute Gasteiger partial charge is 0.461 e. The fraction of sp³-hybridized carbons (Fsp3) is 0.609. The van der Waals surface area contributed by atoms with Gasteiger partial charge in [0.15, 0.2) is 5.78 Å². The van der Waals surface area contributed by atoms with Crippen LogP contribution in [0, 0.1) is 17.3 Å². The maximum absolute atomic E-state index is 12.8. The Labute approximate surface area is 174 Å². The van der Waals surface area contributed by atoms with Gasteiger partial charge in [0.05, 0.1) is 6.04 Å². The van der Waals surface area contributed by atoms with E-state index in [0.29, 0.717) is 11.1 Å². The molecule has 0 aliphatic heterocycles. The standard InChI is InChI=1S/C23H35NO5/c1-14(2)10-19(25)28-13-17-12-16(21(27)22(24)23(5,6)7)8-9-18(17)29-20(26)11-15(3)4/h8-9,12,14-15,22H,10-11,13,24H2,1-7H3. The summed E-state index contributed by atoms with van der Waals surface area (Å²) in [5.41, 5.74) is 6.57. The molecule has 0 bridgehead atoms. The van der Waals surface area contributed by atoms with Crippen LogP contribution in [0.5, 0.6) is 5.75 Å². The molecule has 29 heavy (non-hydrogen) atoms. The van der Waals surface area contributed by atoms with Gasteiger partial charge in [0, 0.05) is 24.0 Å². The van der Waals surface area contributed by atoms with Crippen LogP contribution < -0.4 is 10.5 Å². The third-order valence-electron chi connectivity index (χ3n) is 4.32. The maximum Gasteiger partial charge on any atom is 0.311 e. The van der Waals surface area contributed by atoms with Crippen LogP contribution in [0.4, 0.5) is 0 Å². The van der Waals surface area contributed by atoms with E-state index in [9.17, 15) is 14.4 Å². The van der Waals surface area contributed by atoms with Crippen LogP contribution in [0.25, 0.3) is 0 Å². The minimum absolute atomic E-state index is 0.0816. The second-order valence-corrected chi connectivity index (χ2v) is 9.36. The smallest absolute Gasteiger partial charge is 0.311 e. The van der Waals surface area contributed by atoms with Crippen molar-refractivity contribution in [3.05, 3.63) is 29.3 Å². The molecule has 1 rings (SSSR count). The molecule has 0 heterocycles. The number of carbonyl (C=O) groups excluding carboxylic acids is 3. The zero-order valence-electron chi connectivity index (χ0n) is 18.7. The number of carbonyl (C=O) groups is 3. The first-order chi connectivity index (χ1) is 13.3. The predicted molar refractivity (Wildman–Crippen MR) is 113 cm³/mol. The lowest BCUT2D eigenvalue weighted by Gasteiger charge is -2.26. The fourth-order valence-corrected chi connectivity index (χ4v) is 2.57. The van der Waals surface area contributed by atoms with Crippen molar-refractivity contribution in [3.8, 4) is 5.75 Å². The number of Topliss-reactive ketones (excluding diaryl/α,β-unsaturated/α-hetero) is 1. The highest BCUT2D eigenvalue weighted by molar-refractivity contribution is 6.00. The first-order valence-electron chi connectivity index (χ1n) is 10.1. The first kappa shape index (κ1) is 24.8. The third-order valence-corrected chi connectivity index (χ3v) is 4.32. The molecule has 1 atom stereocenters. The van der Waals surface area contributed by atoms with Gasteiger partial charge < -0.3 is 15.2 Å². The molecule has 0 saturated heterocycles. The zero-order valence-corrected chi connectivity index (χ0v) is 18.7. The summed E-state index contributed by atoms with van der Waals surface area (Å²) in [6.45, 7) is 13.3. The van der Waals surface area contributed by atoms with E-state index in [1.54, 1.807) is 18.2 Å². The highest BCUT2D eigenvalue weighted by Crippen LogP contribution is 2.26. The monoisotopic (exact) mass is 405 g/mol.